The van der Waals surface area contributed by atoms with Gasteiger partial charge in [-0.3, -0.25) is 0 Å². The molecule has 12 heavy (non-hydrogen) atoms. The van der Waals surface area contributed by atoms with Gasteiger partial charge in [0.15, 0.2) is 0 Å². The molecule has 64 valence electrons. The highest BCUT2D eigenvalue weighted by molar-refractivity contribution is 5.88. The maximum atomic E-state index is 12.6. The fraction of sp³-hybridized carbons (Fsp3) is 0. The summed E-state index contributed by atoms with van der Waals surface area (Å²) in [5.41, 5.74) is -1.06. The molecule has 2 N–H and O–H groups in total. The van der Waals surface area contributed by atoms with Gasteiger partial charge in [0.05, 0.1) is 0 Å². The Bertz CT molecular complexity index is 312. The predicted molar refractivity (Wildman–Crippen MR) is 35.0 cm³/mol. The summed E-state index contributed by atoms with van der Waals surface area (Å²) >= 11 is 0. The summed E-state index contributed by atoms with van der Waals surface area (Å²) in [6, 6.07) is 1.07. The molecule has 0 aliphatic carbocycles. The highest BCUT2D eigenvalue weighted by Gasteiger charge is 2.17. The molecule has 0 bridgehead atoms. The normalized spacial score (nSPS) is 9.83. The van der Waals surface area contributed by atoms with Crippen molar-refractivity contribution in [1.29, 1.82) is 0 Å². The Balaban J connectivity index is 3.38. The van der Waals surface area contributed by atoms with Gasteiger partial charge in [-0.1, -0.05) is 0 Å². The van der Waals surface area contributed by atoms with Crippen LogP contribution in [0.2, 0.25) is 0 Å². The third-order valence-electron chi connectivity index (χ3n) is 1.24. The molecule has 1 aromatic rings. The molecule has 0 fully saturated rings. The Morgan fingerprint density at radius 2 is 1.67 bits per heavy atom. The highest BCUT2D eigenvalue weighted by Crippen LogP contribution is 2.18. The smallest absolute Gasteiger partial charge is 0.341 e. The minimum atomic E-state index is -1.70. The van der Waals surface area contributed by atoms with Gasteiger partial charge in [0.25, 0.3) is 0 Å². The van der Waals surface area contributed by atoms with E-state index < -0.39 is 28.9 Å². The summed E-state index contributed by atoms with van der Waals surface area (Å²) in [4.78, 5) is 10.2. The van der Waals surface area contributed by atoms with Gasteiger partial charge in [-0.25, -0.2) is 13.6 Å². The third-order valence-corrected chi connectivity index (χ3v) is 1.24. The van der Waals surface area contributed by atoms with Crippen LogP contribution in [0.1, 0.15) is 10.4 Å². The fourth-order valence-corrected chi connectivity index (χ4v) is 0.764. The van der Waals surface area contributed by atoms with E-state index in [2.05, 4.69) is 0 Å². The van der Waals surface area contributed by atoms with Gasteiger partial charge in [0.1, 0.15) is 22.9 Å². The zero-order chi connectivity index (χ0) is 9.30. The van der Waals surface area contributed by atoms with Crippen LogP contribution >= 0.6 is 0 Å². The number of carboxylic acid groups (broad SMARTS) is 1. The quantitative estimate of drug-likeness (QED) is 0.675. The first kappa shape index (κ1) is 8.45. The van der Waals surface area contributed by atoms with E-state index in [-0.39, 0.29) is 0 Å². The lowest BCUT2D eigenvalue weighted by Crippen LogP contribution is -2.03. The van der Waals surface area contributed by atoms with Crippen molar-refractivity contribution in [3.63, 3.8) is 0 Å². The van der Waals surface area contributed by atoms with Gasteiger partial charge >= 0.3 is 5.97 Å². The first-order valence-corrected chi connectivity index (χ1v) is 2.93. The van der Waals surface area contributed by atoms with E-state index in [1.165, 1.54) is 0 Å². The molecule has 5 heteroatoms. The molecule has 1 aromatic carbocycles. The average molecular weight is 174 g/mol. The summed E-state index contributed by atoms with van der Waals surface area (Å²) < 4.78 is 25.2. The molecule has 0 amide bonds. The average Bonchev–Trinajstić information content (AvgIpc) is 1.82. The van der Waals surface area contributed by atoms with E-state index in [4.69, 9.17) is 10.2 Å². The number of aromatic hydroxyl groups is 1. The number of hydrogen-bond donors (Lipinski definition) is 2. The van der Waals surface area contributed by atoms with Crippen LogP contribution in [0.3, 0.4) is 0 Å². The van der Waals surface area contributed by atoms with Crippen LogP contribution in [0.4, 0.5) is 8.78 Å². The molecule has 0 atom stereocenters. The Morgan fingerprint density at radius 1 is 1.25 bits per heavy atom. The maximum Gasteiger partial charge on any atom is 0.341 e. The second-order valence-corrected chi connectivity index (χ2v) is 2.09. The molecule has 0 aliphatic heterocycles. The van der Waals surface area contributed by atoms with Crippen LogP contribution < -0.4 is 0 Å². The number of carboxylic acids is 1. The minimum absolute atomic E-state index is 0.534. The van der Waals surface area contributed by atoms with Crippen molar-refractivity contribution >= 4 is 5.97 Å². The summed E-state index contributed by atoms with van der Waals surface area (Å²) in [5.74, 6) is -4.93. The highest BCUT2D eigenvalue weighted by atomic mass is 19.1. The van der Waals surface area contributed by atoms with Crippen molar-refractivity contribution in [2.24, 2.45) is 0 Å². The van der Waals surface area contributed by atoms with Crippen LogP contribution in [0.25, 0.3) is 0 Å². The van der Waals surface area contributed by atoms with Crippen molar-refractivity contribution in [3.8, 4) is 5.75 Å². The summed E-state index contributed by atoms with van der Waals surface area (Å²) in [5, 5.41) is 16.9. The van der Waals surface area contributed by atoms with Crippen molar-refractivity contribution in [2.45, 2.75) is 0 Å². The number of aromatic carboxylic acids is 1. The third kappa shape index (κ3) is 1.34. The molecule has 0 heterocycles. The molecule has 3 nitrogen and oxygen atoms in total. The lowest BCUT2D eigenvalue weighted by Gasteiger charge is -1.99. The van der Waals surface area contributed by atoms with Gasteiger partial charge in [-0.15, -0.1) is 0 Å². The SMILES string of the molecule is O=C(O)c1c(F)cc(O)cc1F. The molecule has 0 aliphatic rings. The van der Waals surface area contributed by atoms with Crippen LogP contribution in [0, 0.1) is 11.6 Å². The van der Waals surface area contributed by atoms with Gasteiger partial charge < -0.3 is 10.2 Å². The Labute approximate surface area is 65.9 Å². The summed E-state index contributed by atoms with van der Waals surface area (Å²) in [6.45, 7) is 0. The zero-order valence-corrected chi connectivity index (χ0v) is 5.71. The summed E-state index contributed by atoms with van der Waals surface area (Å²) in [7, 11) is 0. The number of benzene rings is 1. The maximum absolute atomic E-state index is 12.6. The second kappa shape index (κ2) is 2.77. The van der Waals surface area contributed by atoms with Gasteiger partial charge in [0.2, 0.25) is 0 Å². The Kier molecular flexibility index (Phi) is 1.95. The van der Waals surface area contributed by atoms with Crippen molar-refractivity contribution < 1.29 is 23.8 Å². The largest absolute Gasteiger partial charge is 0.508 e. The van der Waals surface area contributed by atoms with E-state index in [1.54, 1.807) is 0 Å². The Hall–Kier alpha value is -1.65. The molecular formula is C7H4F2O3. The summed E-state index contributed by atoms with van der Waals surface area (Å²) in [6.07, 6.45) is 0. The molecule has 0 spiro atoms. The topological polar surface area (TPSA) is 57.5 Å². The molecular weight excluding hydrogens is 170 g/mol. The van der Waals surface area contributed by atoms with E-state index in [9.17, 15) is 13.6 Å². The van der Waals surface area contributed by atoms with Gasteiger partial charge in [-0.2, -0.15) is 0 Å². The van der Waals surface area contributed by atoms with E-state index in [1.807, 2.05) is 0 Å². The van der Waals surface area contributed by atoms with Crippen LogP contribution in [-0.2, 0) is 0 Å². The molecule has 0 saturated heterocycles. The van der Waals surface area contributed by atoms with E-state index >= 15 is 0 Å². The molecule has 0 aromatic heterocycles. The first-order chi connectivity index (χ1) is 5.52. The van der Waals surface area contributed by atoms with Gasteiger partial charge in [-0.05, 0) is 0 Å². The number of phenolic OH excluding ortho intramolecular Hbond substituents is 1. The van der Waals surface area contributed by atoms with Crippen LogP contribution in [-0.4, -0.2) is 16.2 Å². The first-order valence-electron chi connectivity index (χ1n) is 2.93. The van der Waals surface area contributed by atoms with Crippen LogP contribution in [0.15, 0.2) is 12.1 Å². The number of phenols is 1. The van der Waals surface area contributed by atoms with E-state index in [0.717, 1.165) is 0 Å². The molecule has 0 saturated carbocycles. The zero-order valence-electron chi connectivity index (χ0n) is 5.71. The molecule has 0 unspecified atom stereocenters. The fourth-order valence-electron chi connectivity index (χ4n) is 0.764. The van der Waals surface area contributed by atoms with Gasteiger partial charge in [0, 0.05) is 12.1 Å². The monoisotopic (exact) mass is 174 g/mol. The molecule has 1 rings (SSSR count). The minimum Gasteiger partial charge on any atom is -0.508 e. The lowest BCUT2D eigenvalue weighted by molar-refractivity contribution is 0.0686. The van der Waals surface area contributed by atoms with Crippen molar-refractivity contribution in [2.75, 3.05) is 0 Å². The lowest BCUT2D eigenvalue weighted by atomic mass is 10.2. The van der Waals surface area contributed by atoms with Crippen molar-refractivity contribution in [3.05, 3.63) is 29.3 Å². The second-order valence-electron chi connectivity index (χ2n) is 2.09. The Morgan fingerprint density at radius 3 is 2.00 bits per heavy atom. The number of halogens is 2. The predicted octanol–water partition coefficient (Wildman–Crippen LogP) is 1.37. The number of carbonyl (C=O) groups is 1. The number of hydrogen-bond acceptors (Lipinski definition) is 2. The molecule has 0 radical (unpaired) electrons. The standard InChI is InChI=1S/C7H4F2O3/c8-4-1-3(10)2-5(9)6(4)7(11)12/h1-2,10H,(H,11,12). The van der Waals surface area contributed by atoms with Crippen molar-refractivity contribution in [1.82, 2.24) is 0 Å². The van der Waals surface area contributed by atoms with E-state index in [0.29, 0.717) is 12.1 Å². The van der Waals surface area contributed by atoms with Crippen LogP contribution in [0.5, 0.6) is 5.75 Å². The number of rotatable bonds is 1.